The maximum atomic E-state index is 11.2. The second-order valence-corrected chi connectivity index (χ2v) is 3.29. The second kappa shape index (κ2) is 6.61. The van der Waals surface area contributed by atoms with E-state index >= 15 is 0 Å². The highest BCUT2D eigenvalue weighted by Gasteiger charge is 2.08. The summed E-state index contributed by atoms with van der Waals surface area (Å²) in [5.41, 5.74) is 0.559. The summed E-state index contributed by atoms with van der Waals surface area (Å²) in [6.07, 6.45) is 1.54. The molecule has 0 fully saturated rings. The van der Waals surface area contributed by atoms with Gasteiger partial charge in [0.15, 0.2) is 0 Å². The minimum Gasteiger partial charge on any atom is -0.428 e. The fourth-order valence-corrected chi connectivity index (χ4v) is 0.606. The van der Waals surface area contributed by atoms with Crippen LogP contribution in [0.5, 0.6) is 0 Å². The van der Waals surface area contributed by atoms with E-state index < -0.39 is 11.9 Å². The number of hydrogen-bond acceptors (Lipinski definition) is 4. The van der Waals surface area contributed by atoms with Gasteiger partial charge in [-0.05, 0) is 13.8 Å². The fourth-order valence-electron chi connectivity index (χ4n) is 0.606. The van der Waals surface area contributed by atoms with Gasteiger partial charge >= 0.3 is 11.9 Å². The summed E-state index contributed by atoms with van der Waals surface area (Å²) in [5, 5.41) is 0. The van der Waals surface area contributed by atoms with Crippen LogP contribution in [0.2, 0.25) is 0 Å². The lowest BCUT2D eigenvalue weighted by atomic mass is 10.3. The molecule has 88 valence electrons. The molecule has 0 atom stereocenters. The molecule has 0 heterocycles. The minimum absolute atomic E-state index is 0.266. The molecule has 0 amide bonds. The first-order valence-corrected chi connectivity index (χ1v) is 4.81. The second-order valence-electron chi connectivity index (χ2n) is 3.29. The highest BCUT2D eigenvalue weighted by atomic mass is 16.6. The summed E-state index contributed by atoms with van der Waals surface area (Å²) < 4.78 is 9.64. The number of rotatable bonds is 5. The smallest absolute Gasteiger partial charge is 0.338 e. The van der Waals surface area contributed by atoms with Gasteiger partial charge in [0.1, 0.15) is 12.0 Å². The molecule has 0 saturated carbocycles. The number of esters is 2. The van der Waals surface area contributed by atoms with E-state index in [1.54, 1.807) is 6.92 Å². The van der Waals surface area contributed by atoms with E-state index in [0.29, 0.717) is 6.42 Å². The Morgan fingerprint density at radius 3 is 2.00 bits per heavy atom. The Balaban J connectivity index is 4.44. The zero-order chi connectivity index (χ0) is 12.7. The molecule has 0 spiro atoms. The molecule has 4 nitrogen and oxygen atoms in total. The van der Waals surface area contributed by atoms with E-state index in [4.69, 9.17) is 9.47 Å². The van der Waals surface area contributed by atoms with Crippen molar-refractivity contribution in [2.24, 2.45) is 0 Å². The van der Waals surface area contributed by atoms with Crippen molar-refractivity contribution in [3.8, 4) is 0 Å². The summed E-state index contributed by atoms with van der Waals surface area (Å²) in [6.45, 7) is 11.7. The first-order chi connectivity index (χ1) is 7.38. The zero-order valence-corrected chi connectivity index (χ0v) is 9.83. The molecular formula is C12H16O4. The lowest BCUT2D eigenvalue weighted by Gasteiger charge is -2.06. The van der Waals surface area contributed by atoms with Crippen molar-refractivity contribution < 1.29 is 19.1 Å². The summed E-state index contributed by atoms with van der Waals surface area (Å²) in [5.74, 6) is -0.834. The number of carbonyl (C=O) groups excluding carboxylic acids is 2. The van der Waals surface area contributed by atoms with Crippen LogP contribution >= 0.6 is 0 Å². The van der Waals surface area contributed by atoms with Crippen LogP contribution in [0.3, 0.4) is 0 Å². The molecule has 0 aliphatic rings. The molecule has 4 heteroatoms. The van der Waals surface area contributed by atoms with Crippen molar-refractivity contribution in [1.82, 2.24) is 0 Å². The van der Waals surface area contributed by atoms with Crippen LogP contribution in [0.15, 0.2) is 36.3 Å². The Bertz CT molecular complexity index is 350. The molecule has 16 heavy (non-hydrogen) atoms. The van der Waals surface area contributed by atoms with E-state index in [-0.39, 0.29) is 16.9 Å². The van der Waals surface area contributed by atoms with E-state index in [1.807, 2.05) is 0 Å². The van der Waals surface area contributed by atoms with Crippen LogP contribution in [0.4, 0.5) is 0 Å². The van der Waals surface area contributed by atoms with E-state index in [9.17, 15) is 9.59 Å². The zero-order valence-electron chi connectivity index (χ0n) is 9.83. The highest BCUT2D eigenvalue weighted by molar-refractivity contribution is 5.88. The summed E-state index contributed by atoms with van der Waals surface area (Å²) in [4.78, 5) is 22.2. The molecule has 0 aromatic carbocycles. The third kappa shape index (κ3) is 5.14. The molecule has 0 unspecified atom stereocenters. The van der Waals surface area contributed by atoms with Crippen molar-refractivity contribution >= 4 is 11.9 Å². The van der Waals surface area contributed by atoms with E-state index in [1.165, 1.54) is 13.8 Å². The molecule has 0 N–H and O–H groups in total. The predicted octanol–water partition coefficient (Wildman–Crippen LogP) is 2.48. The molecule has 0 aliphatic heterocycles. The van der Waals surface area contributed by atoms with Gasteiger partial charge in [0.25, 0.3) is 0 Å². The Morgan fingerprint density at radius 1 is 1.12 bits per heavy atom. The third-order valence-corrected chi connectivity index (χ3v) is 1.57. The van der Waals surface area contributed by atoms with Crippen molar-refractivity contribution in [2.75, 3.05) is 0 Å². The standard InChI is InChI=1S/C12H16O4/c1-6-10(16-12(14)9(4)5)7-15-11(13)8(2)3/h7H,2,4,6H2,1,3,5H3. The van der Waals surface area contributed by atoms with Crippen LogP contribution in [0.1, 0.15) is 27.2 Å². The summed E-state index contributed by atoms with van der Waals surface area (Å²) >= 11 is 0. The normalized spacial score (nSPS) is 10.6. The van der Waals surface area contributed by atoms with Crippen LogP contribution < -0.4 is 0 Å². The van der Waals surface area contributed by atoms with Crippen molar-refractivity contribution in [2.45, 2.75) is 27.2 Å². The van der Waals surface area contributed by atoms with Gasteiger partial charge in [0.2, 0.25) is 0 Å². The third-order valence-electron chi connectivity index (χ3n) is 1.57. The van der Waals surface area contributed by atoms with Gasteiger partial charge in [-0.2, -0.15) is 0 Å². The number of carbonyl (C=O) groups is 2. The number of hydrogen-bond donors (Lipinski definition) is 0. The molecule has 0 aromatic heterocycles. The van der Waals surface area contributed by atoms with Gasteiger partial charge in [0, 0.05) is 17.6 Å². The van der Waals surface area contributed by atoms with Gasteiger partial charge in [-0.15, -0.1) is 0 Å². The quantitative estimate of drug-likeness (QED) is 0.409. The fraction of sp³-hybridized carbons (Fsp3) is 0.333. The van der Waals surface area contributed by atoms with Gasteiger partial charge in [0.05, 0.1) is 0 Å². The molecule has 0 aromatic rings. The van der Waals surface area contributed by atoms with Crippen LogP contribution in [-0.2, 0) is 19.1 Å². The van der Waals surface area contributed by atoms with Crippen molar-refractivity contribution in [1.29, 1.82) is 0 Å². The summed E-state index contributed by atoms with van der Waals surface area (Å²) in [6, 6.07) is 0. The monoisotopic (exact) mass is 224 g/mol. The van der Waals surface area contributed by atoms with Gasteiger partial charge in [-0.3, -0.25) is 0 Å². The number of allylic oxidation sites excluding steroid dienone is 1. The van der Waals surface area contributed by atoms with Crippen LogP contribution in [0, 0.1) is 0 Å². The van der Waals surface area contributed by atoms with Crippen LogP contribution in [0.25, 0.3) is 0 Å². The molecule has 0 rings (SSSR count). The maximum absolute atomic E-state index is 11.2. The van der Waals surface area contributed by atoms with Gasteiger partial charge < -0.3 is 9.47 Å². The topological polar surface area (TPSA) is 52.6 Å². The van der Waals surface area contributed by atoms with E-state index in [2.05, 4.69) is 13.2 Å². The maximum Gasteiger partial charge on any atom is 0.338 e. The average molecular weight is 224 g/mol. The van der Waals surface area contributed by atoms with Crippen molar-refractivity contribution in [3.05, 3.63) is 36.3 Å². The molecule has 0 saturated heterocycles. The highest BCUT2D eigenvalue weighted by Crippen LogP contribution is 2.07. The summed E-state index contributed by atoms with van der Waals surface area (Å²) in [7, 11) is 0. The lowest BCUT2D eigenvalue weighted by molar-refractivity contribution is -0.138. The Morgan fingerprint density at radius 2 is 1.62 bits per heavy atom. The Kier molecular flexibility index (Phi) is 5.85. The largest absolute Gasteiger partial charge is 0.428 e. The SMILES string of the molecule is C=C(C)C(=O)OC=C(CC)OC(=O)C(=C)C. The number of ether oxygens (including phenoxy) is 2. The first kappa shape index (κ1) is 14.2. The lowest BCUT2D eigenvalue weighted by Crippen LogP contribution is -2.06. The Labute approximate surface area is 95.2 Å². The predicted molar refractivity (Wildman–Crippen MR) is 60.2 cm³/mol. The molecular weight excluding hydrogens is 208 g/mol. The van der Waals surface area contributed by atoms with Crippen LogP contribution in [-0.4, -0.2) is 11.9 Å². The van der Waals surface area contributed by atoms with Gasteiger partial charge in [-0.25, -0.2) is 9.59 Å². The molecule has 0 aliphatic carbocycles. The average Bonchev–Trinajstić information content (AvgIpc) is 2.22. The minimum atomic E-state index is -0.558. The van der Waals surface area contributed by atoms with E-state index in [0.717, 1.165) is 6.26 Å². The van der Waals surface area contributed by atoms with Gasteiger partial charge in [-0.1, -0.05) is 20.1 Å². The van der Waals surface area contributed by atoms with Crippen molar-refractivity contribution in [3.63, 3.8) is 0 Å². The first-order valence-electron chi connectivity index (χ1n) is 4.81. The molecule has 0 radical (unpaired) electrons. The molecule has 0 bridgehead atoms. The Hall–Kier alpha value is -1.84.